The second kappa shape index (κ2) is 5.90. The summed E-state index contributed by atoms with van der Waals surface area (Å²) in [4.78, 5) is 23.2. The molecule has 1 rings (SSSR count). The van der Waals surface area contributed by atoms with E-state index >= 15 is 0 Å². The summed E-state index contributed by atoms with van der Waals surface area (Å²) >= 11 is 0. The van der Waals surface area contributed by atoms with Gasteiger partial charge in [0.2, 0.25) is 0 Å². The van der Waals surface area contributed by atoms with E-state index in [4.69, 9.17) is 10.5 Å². The molecule has 0 heterocycles. The first-order chi connectivity index (χ1) is 9.10. The van der Waals surface area contributed by atoms with Crippen molar-refractivity contribution in [3.8, 4) is 0 Å². The van der Waals surface area contributed by atoms with Gasteiger partial charge in [0.05, 0.1) is 5.56 Å². The number of hydrogen-bond donors (Lipinski definition) is 2. The average molecular weight is 282 g/mol. The first-order valence-electron chi connectivity index (χ1n) is 6.14. The average Bonchev–Trinajstić information content (AvgIpc) is 2.28. The number of nitrogens with two attached hydrogens (primary N) is 1. The number of amides is 1. The predicted molar refractivity (Wildman–Crippen MR) is 73.7 cm³/mol. The number of nitrogens with one attached hydrogen (secondary N) is 1. The van der Waals surface area contributed by atoms with Crippen molar-refractivity contribution in [1.82, 2.24) is 5.32 Å². The minimum absolute atomic E-state index is 0.246. The molecule has 5 nitrogen and oxygen atoms in total. The van der Waals surface area contributed by atoms with E-state index < -0.39 is 29.8 Å². The van der Waals surface area contributed by atoms with Gasteiger partial charge in [-0.05, 0) is 45.4 Å². The number of carbonyl (C=O) groups is 2. The monoisotopic (exact) mass is 282 g/mol. The number of esters is 1. The summed E-state index contributed by atoms with van der Waals surface area (Å²) in [5, 5.41) is 2.63. The van der Waals surface area contributed by atoms with E-state index in [1.54, 1.807) is 20.8 Å². The van der Waals surface area contributed by atoms with Crippen molar-refractivity contribution in [1.29, 1.82) is 0 Å². The lowest BCUT2D eigenvalue weighted by Crippen LogP contribution is -2.42. The van der Waals surface area contributed by atoms with E-state index in [0.29, 0.717) is 0 Å². The molecule has 110 valence electrons. The standard InChI is InChI=1S/C14H19FN2O3/c1-8-5-9(16)6-10(12(8)15)13(19)20-7-11(18)17-14(2,3)4/h5-6H,7,16H2,1-4H3,(H,17,18). The summed E-state index contributed by atoms with van der Waals surface area (Å²) in [6.45, 7) is 6.42. The molecule has 3 N–H and O–H groups in total. The van der Waals surface area contributed by atoms with Crippen LogP contribution < -0.4 is 11.1 Å². The number of halogens is 1. The van der Waals surface area contributed by atoms with E-state index in [-0.39, 0.29) is 16.8 Å². The van der Waals surface area contributed by atoms with E-state index in [1.165, 1.54) is 19.1 Å². The summed E-state index contributed by atoms with van der Waals surface area (Å²) < 4.78 is 18.6. The van der Waals surface area contributed by atoms with Crippen molar-refractivity contribution in [2.24, 2.45) is 0 Å². The number of rotatable bonds is 3. The van der Waals surface area contributed by atoms with E-state index in [0.717, 1.165) is 0 Å². The summed E-state index contributed by atoms with van der Waals surface area (Å²) in [5.74, 6) is -2.06. The lowest BCUT2D eigenvalue weighted by Gasteiger charge is -2.20. The third-order valence-electron chi connectivity index (χ3n) is 2.35. The maximum Gasteiger partial charge on any atom is 0.341 e. The third kappa shape index (κ3) is 4.53. The summed E-state index contributed by atoms with van der Waals surface area (Å²) in [6.07, 6.45) is 0. The zero-order valence-corrected chi connectivity index (χ0v) is 12.0. The molecule has 0 aromatic heterocycles. The van der Waals surface area contributed by atoms with Gasteiger partial charge in [-0.3, -0.25) is 4.79 Å². The lowest BCUT2D eigenvalue weighted by atomic mass is 10.1. The second-order valence-corrected chi connectivity index (χ2v) is 5.57. The Hall–Kier alpha value is -2.11. The van der Waals surface area contributed by atoms with Gasteiger partial charge in [-0.15, -0.1) is 0 Å². The van der Waals surface area contributed by atoms with Crippen molar-refractivity contribution in [2.45, 2.75) is 33.2 Å². The minimum atomic E-state index is -0.915. The van der Waals surface area contributed by atoms with Crippen molar-refractivity contribution >= 4 is 17.6 Å². The normalized spacial score (nSPS) is 11.1. The first-order valence-corrected chi connectivity index (χ1v) is 6.14. The molecule has 0 bridgehead atoms. The number of hydrogen-bond acceptors (Lipinski definition) is 4. The van der Waals surface area contributed by atoms with Crippen LogP contribution in [0.2, 0.25) is 0 Å². The third-order valence-corrected chi connectivity index (χ3v) is 2.35. The van der Waals surface area contributed by atoms with Gasteiger partial charge >= 0.3 is 5.97 Å². The molecular weight excluding hydrogens is 263 g/mol. The number of carbonyl (C=O) groups excluding carboxylic acids is 2. The number of nitrogen functional groups attached to an aromatic ring is 1. The van der Waals surface area contributed by atoms with E-state index in [9.17, 15) is 14.0 Å². The van der Waals surface area contributed by atoms with Crippen LogP contribution in [0.5, 0.6) is 0 Å². The fourth-order valence-electron chi connectivity index (χ4n) is 1.61. The van der Waals surface area contributed by atoms with Gasteiger partial charge in [-0.25, -0.2) is 9.18 Å². The highest BCUT2D eigenvalue weighted by Crippen LogP contribution is 2.17. The van der Waals surface area contributed by atoms with Crippen molar-refractivity contribution in [3.63, 3.8) is 0 Å². The maximum absolute atomic E-state index is 13.8. The molecule has 0 atom stereocenters. The quantitative estimate of drug-likeness (QED) is 0.654. The van der Waals surface area contributed by atoms with Crippen molar-refractivity contribution < 1.29 is 18.7 Å². The van der Waals surface area contributed by atoms with Crippen LogP contribution in [0.4, 0.5) is 10.1 Å². The smallest absolute Gasteiger partial charge is 0.341 e. The summed E-state index contributed by atoms with van der Waals surface area (Å²) in [6, 6.07) is 2.60. The zero-order chi connectivity index (χ0) is 15.5. The van der Waals surface area contributed by atoms with E-state index in [1.807, 2.05) is 0 Å². The van der Waals surface area contributed by atoms with Crippen LogP contribution in [0.1, 0.15) is 36.7 Å². The molecule has 0 spiro atoms. The Bertz CT molecular complexity index is 536. The highest BCUT2D eigenvalue weighted by Gasteiger charge is 2.19. The fourth-order valence-corrected chi connectivity index (χ4v) is 1.61. The highest BCUT2D eigenvalue weighted by molar-refractivity contribution is 5.92. The number of benzene rings is 1. The van der Waals surface area contributed by atoms with Crippen LogP contribution in [-0.4, -0.2) is 24.0 Å². The fraction of sp³-hybridized carbons (Fsp3) is 0.429. The van der Waals surface area contributed by atoms with Crippen LogP contribution in [0, 0.1) is 12.7 Å². The lowest BCUT2D eigenvalue weighted by molar-refractivity contribution is -0.125. The topological polar surface area (TPSA) is 81.4 Å². The number of anilines is 1. The SMILES string of the molecule is Cc1cc(N)cc(C(=O)OCC(=O)NC(C)(C)C)c1F. The largest absolute Gasteiger partial charge is 0.452 e. The Morgan fingerprint density at radius 1 is 1.35 bits per heavy atom. The summed E-state index contributed by atoms with van der Waals surface area (Å²) in [7, 11) is 0. The molecule has 0 fully saturated rings. The molecule has 1 aromatic carbocycles. The Balaban J connectivity index is 2.71. The molecule has 0 saturated heterocycles. The van der Waals surface area contributed by atoms with Gasteiger partial charge in [0.15, 0.2) is 6.61 Å². The maximum atomic E-state index is 13.8. The van der Waals surface area contributed by atoms with Gasteiger partial charge in [-0.1, -0.05) is 0 Å². The van der Waals surface area contributed by atoms with Crippen LogP contribution in [0.25, 0.3) is 0 Å². The van der Waals surface area contributed by atoms with Gasteiger partial charge in [0.1, 0.15) is 5.82 Å². The first kappa shape index (κ1) is 15.9. The van der Waals surface area contributed by atoms with Crippen LogP contribution in [-0.2, 0) is 9.53 Å². The predicted octanol–water partition coefficient (Wildman–Crippen LogP) is 1.79. The molecule has 6 heteroatoms. The van der Waals surface area contributed by atoms with Crippen molar-refractivity contribution in [2.75, 3.05) is 12.3 Å². The van der Waals surface area contributed by atoms with Crippen molar-refractivity contribution in [3.05, 3.63) is 29.1 Å². The minimum Gasteiger partial charge on any atom is -0.452 e. The Labute approximate surface area is 117 Å². The van der Waals surface area contributed by atoms with Crippen LogP contribution in [0.3, 0.4) is 0 Å². The molecular formula is C14H19FN2O3. The molecule has 0 saturated carbocycles. The highest BCUT2D eigenvalue weighted by atomic mass is 19.1. The van der Waals surface area contributed by atoms with E-state index in [2.05, 4.69) is 5.32 Å². The molecule has 0 aliphatic heterocycles. The molecule has 20 heavy (non-hydrogen) atoms. The zero-order valence-electron chi connectivity index (χ0n) is 12.0. The van der Waals surface area contributed by atoms with Gasteiger partial charge in [0, 0.05) is 11.2 Å². The summed E-state index contributed by atoms with van der Waals surface area (Å²) in [5.41, 5.74) is 5.36. The van der Waals surface area contributed by atoms with Crippen LogP contribution >= 0.6 is 0 Å². The molecule has 0 unspecified atom stereocenters. The van der Waals surface area contributed by atoms with Gasteiger partial charge in [-0.2, -0.15) is 0 Å². The second-order valence-electron chi connectivity index (χ2n) is 5.57. The number of ether oxygens (including phenoxy) is 1. The molecule has 1 amide bonds. The molecule has 0 aliphatic rings. The Morgan fingerprint density at radius 3 is 2.50 bits per heavy atom. The Morgan fingerprint density at radius 2 is 1.95 bits per heavy atom. The molecule has 0 aliphatic carbocycles. The van der Waals surface area contributed by atoms with Gasteiger partial charge in [0.25, 0.3) is 5.91 Å². The molecule has 0 radical (unpaired) electrons. The number of aryl methyl sites for hydroxylation is 1. The molecule has 1 aromatic rings. The van der Waals surface area contributed by atoms with Gasteiger partial charge < -0.3 is 15.8 Å². The Kier molecular flexibility index (Phi) is 4.70. The van der Waals surface area contributed by atoms with Crippen LogP contribution in [0.15, 0.2) is 12.1 Å².